The molecule has 0 aliphatic carbocycles. The summed E-state index contributed by atoms with van der Waals surface area (Å²) in [5.41, 5.74) is 2.39. The van der Waals surface area contributed by atoms with E-state index in [0.29, 0.717) is 6.61 Å². The molecule has 96 valence electrons. The Morgan fingerprint density at radius 3 is 3.00 bits per heavy atom. The van der Waals surface area contributed by atoms with Crippen LogP contribution in [0, 0.1) is 6.92 Å². The highest BCUT2D eigenvalue weighted by molar-refractivity contribution is 5.27. The smallest absolute Gasteiger partial charge is 0.119 e. The fourth-order valence-electron chi connectivity index (χ4n) is 1.72. The third-order valence-electron chi connectivity index (χ3n) is 2.76. The van der Waals surface area contributed by atoms with Gasteiger partial charge in [0.25, 0.3) is 0 Å². The van der Waals surface area contributed by atoms with Crippen molar-refractivity contribution in [3.8, 4) is 5.75 Å². The molecule has 4 heteroatoms. The summed E-state index contributed by atoms with van der Waals surface area (Å²) >= 11 is 0. The zero-order valence-electron chi connectivity index (χ0n) is 10.9. The molecular formula is C14H19N3O. The van der Waals surface area contributed by atoms with E-state index >= 15 is 0 Å². The van der Waals surface area contributed by atoms with Gasteiger partial charge < -0.3 is 14.6 Å². The van der Waals surface area contributed by atoms with E-state index in [4.69, 9.17) is 4.74 Å². The van der Waals surface area contributed by atoms with E-state index < -0.39 is 0 Å². The van der Waals surface area contributed by atoms with Gasteiger partial charge in [-0.3, -0.25) is 0 Å². The number of aryl methyl sites for hydroxylation is 2. The summed E-state index contributed by atoms with van der Waals surface area (Å²) in [4.78, 5) is 4.07. The lowest BCUT2D eigenvalue weighted by Crippen LogP contribution is -2.21. The lowest BCUT2D eigenvalue weighted by Gasteiger charge is -2.08. The molecule has 0 saturated carbocycles. The zero-order valence-corrected chi connectivity index (χ0v) is 10.9. The Bertz CT molecular complexity index is 493. The summed E-state index contributed by atoms with van der Waals surface area (Å²) in [6.07, 6.45) is 3.68. The Labute approximate surface area is 108 Å². The van der Waals surface area contributed by atoms with Gasteiger partial charge in [-0.05, 0) is 24.6 Å². The third-order valence-corrected chi connectivity index (χ3v) is 2.76. The molecule has 0 amide bonds. The molecule has 18 heavy (non-hydrogen) atoms. The maximum atomic E-state index is 5.65. The van der Waals surface area contributed by atoms with Crippen molar-refractivity contribution < 1.29 is 4.74 Å². The molecular weight excluding hydrogens is 226 g/mol. The predicted octanol–water partition coefficient (Wildman–Crippen LogP) is 1.90. The van der Waals surface area contributed by atoms with Crippen LogP contribution < -0.4 is 10.1 Å². The van der Waals surface area contributed by atoms with E-state index in [1.54, 1.807) is 6.33 Å². The van der Waals surface area contributed by atoms with Crippen LogP contribution >= 0.6 is 0 Å². The highest BCUT2D eigenvalue weighted by Gasteiger charge is 1.97. The van der Waals surface area contributed by atoms with Gasteiger partial charge in [0.05, 0.1) is 12.0 Å². The molecule has 4 nitrogen and oxygen atoms in total. The van der Waals surface area contributed by atoms with Crippen molar-refractivity contribution in [3.63, 3.8) is 0 Å². The van der Waals surface area contributed by atoms with Gasteiger partial charge in [-0.15, -0.1) is 0 Å². The van der Waals surface area contributed by atoms with Crippen molar-refractivity contribution in [2.24, 2.45) is 7.05 Å². The highest BCUT2D eigenvalue weighted by Crippen LogP contribution is 2.11. The molecule has 0 spiro atoms. The molecule has 2 rings (SSSR count). The van der Waals surface area contributed by atoms with Crippen LogP contribution in [0.15, 0.2) is 36.8 Å². The van der Waals surface area contributed by atoms with E-state index in [1.807, 2.05) is 36.0 Å². The van der Waals surface area contributed by atoms with Crippen LogP contribution in [-0.2, 0) is 13.6 Å². The van der Waals surface area contributed by atoms with Crippen LogP contribution in [0.4, 0.5) is 0 Å². The Morgan fingerprint density at radius 2 is 2.28 bits per heavy atom. The molecule has 0 aliphatic heterocycles. The fraction of sp³-hybridized carbons (Fsp3) is 0.357. The standard InChI is InChI=1S/C14H19N3O/c1-12-4-3-5-14(8-12)18-7-6-15-9-13-10-16-11-17(13)2/h3-5,8,10-11,15H,6-7,9H2,1-2H3. The van der Waals surface area contributed by atoms with Crippen molar-refractivity contribution in [2.45, 2.75) is 13.5 Å². The molecule has 2 aromatic rings. The van der Waals surface area contributed by atoms with Crippen LogP contribution in [0.5, 0.6) is 5.75 Å². The van der Waals surface area contributed by atoms with Crippen LogP contribution in [0.2, 0.25) is 0 Å². The van der Waals surface area contributed by atoms with Crippen molar-refractivity contribution in [2.75, 3.05) is 13.2 Å². The molecule has 0 unspecified atom stereocenters. The molecule has 1 aromatic heterocycles. The molecule has 0 fully saturated rings. The summed E-state index contributed by atoms with van der Waals surface area (Å²) in [5.74, 6) is 0.928. The van der Waals surface area contributed by atoms with Crippen LogP contribution in [0.1, 0.15) is 11.3 Å². The van der Waals surface area contributed by atoms with Gasteiger partial charge in [0.2, 0.25) is 0 Å². The summed E-state index contributed by atoms with van der Waals surface area (Å²) in [5, 5.41) is 3.33. The van der Waals surface area contributed by atoms with Gasteiger partial charge >= 0.3 is 0 Å². The van der Waals surface area contributed by atoms with E-state index in [-0.39, 0.29) is 0 Å². The molecule has 0 atom stereocenters. The number of hydrogen-bond donors (Lipinski definition) is 1. The molecule has 0 aliphatic rings. The van der Waals surface area contributed by atoms with E-state index in [2.05, 4.69) is 23.3 Å². The summed E-state index contributed by atoms with van der Waals surface area (Å²) < 4.78 is 7.66. The van der Waals surface area contributed by atoms with E-state index in [9.17, 15) is 0 Å². The first-order valence-corrected chi connectivity index (χ1v) is 6.11. The number of ether oxygens (including phenoxy) is 1. The highest BCUT2D eigenvalue weighted by atomic mass is 16.5. The molecule has 0 saturated heterocycles. The fourth-order valence-corrected chi connectivity index (χ4v) is 1.72. The molecule has 1 aromatic carbocycles. The normalized spacial score (nSPS) is 10.6. The largest absolute Gasteiger partial charge is 0.492 e. The van der Waals surface area contributed by atoms with Gasteiger partial charge in [-0.1, -0.05) is 12.1 Å². The van der Waals surface area contributed by atoms with Gasteiger partial charge in [0, 0.05) is 26.3 Å². The minimum Gasteiger partial charge on any atom is -0.492 e. The van der Waals surface area contributed by atoms with Crippen LogP contribution in [0.3, 0.4) is 0 Å². The van der Waals surface area contributed by atoms with Gasteiger partial charge in [-0.2, -0.15) is 0 Å². The van der Waals surface area contributed by atoms with Crippen molar-refractivity contribution in [1.82, 2.24) is 14.9 Å². The first kappa shape index (κ1) is 12.6. The number of nitrogens with zero attached hydrogens (tertiary/aromatic N) is 2. The van der Waals surface area contributed by atoms with Crippen molar-refractivity contribution in [3.05, 3.63) is 48.0 Å². The third kappa shape index (κ3) is 3.60. The minimum atomic E-state index is 0.668. The monoisotopic (exact) mass is 245 g/mol. The molecule has 1 heterocycles. The Balaban J connectivity index is 1.66. The minimum absolute atomic E-state index is 0.668. The molecule has 0 bridgehead atoms. The topological polar surface area (TPSA) is 39.1 Å². The summed E-state index contributed by atoms with van der Waals surface area (Å²) in [7, 11) is 1.99. The van der Waals surface area contributed by atoms with Gasteiger partial charge in [-0.25, -0.2) is 4.98 Å². The number of nitrogens with one attached hydrogen (secondary N) is 1. The second-order valence-electron chi connectivity index (χ2n) is 4.34. The zero-order chi connectivity index (χ0) is 12.8. The average Bonchev–Trinajstić information content (AvgIpc) is 2.75. The number of hydrogen-bond acceptors (Lipinski definition) is 3. The van der Waals surface area contributed by atoms with E-state index in [0.717, 1.165) is 18.8 Å². The van der Waals surface area contributed by atoms with Gasteiger partial charge in [0.1, 0.15) is 12.4 Å². The Kier molecular flexibility index (Phi) is 4.36. The molecule has 0 radical (unpaired) electrons. The van der Waals surface area contributed by atoms with Crippen LogP contribution in [0.25, 0.3) is 0 Å². The quantitative estimate of drug-likeness (QED) is 0.790. The lowest BCUT2D eigenvalue weighted by molar-refractivity contribution is 0.313. The average molecular weight is 245 g/mol. The first-order valence-electron chi connectivity index (χ1n) is 6.11. The number of aromatic nitrogens is 2. The number of imidazole rings is 1. The van der Waals surface area contributed by atoms with Crippen molar-refractivity contribution in [1.29, 1.82) is 0 Å². The lowest BCUT2D eigenvalue weighted by atomic mass is 10.2. The maximum absolute atomic E-state index is 5.65. The second kappa shape index (κ2) is 6.21. The van der Waals surface area contributed by atoms with Crippen molar-refractivity contribution >= 4 is 0 Å². The molecule has 1 N–H and O–H groups in total. The SMILES string of the molecule is Cc1cccc(OCCNCc2cncn2C)c1. The van der Waals surface area contributed by atoms with E-state index in [1.165, 1.54) is 11.3 Å². The first-order chi connectivity index (χ1) is 8.75. The second-order valence-corrected chi connectivity index (χ2v) is 4.34. The van der Waals surface area contributed by atoms with Gasteiger partial charge in [0.15, 0.2) is 0 Å². The van der Waals surface area contributed by atoms with Crippen LogP contribution in [-0.4, -0.2) is 22.7 Å². The Morgan fingerprint density at radius 1 is 1.39 bits per heavy atom. The number of rotatable bonds is 6. The number of benzene rings is 1. The Hall–Kier alpha value is -1.81. The summed E-state index contributed by atoms with van der Waals surface area (Å²) in [6.45, 7) is 4.36. The summed E-state index contributed by atoms with van der Waals surface area (Å²) in [6, 6.07) is 8.09. The maximum Gasteiger partial charge on any atom is 0.119 e. The predicted molar refractivity (Wildman–Crippen MR) is 71.6 cm³/mol.